The van der Waals surface area contributed by atoms with Gasteiger partial charge in [-0.15, -0.1) is 0 Å². The largest absolute Gasteiger partial charge is 0.497 e. The second kappa shape index (κ2) is 6.40. The number of hydrogen-bond donors (Lipinski definition) is 2. The molecule has 0 unspecified atom stereocenters. The van der Waals surface area contributed by atoms with Crippen LogP contribution in [0.4, 0.5) is 18.9 Å². The molecule has 0 aliphatic rings. The number of anilines is 1. The first-order chi connectivity index (χ1) is 11.2. The number of benzene rings is 2. The van der Waals surface area contributed by atoms with Gasteiger partial charge in [-0.05, 0) is 30.3 Å². The van der Waals surface area contributed by atoms with E-state index >= 15 is 0 Å². The Hall–Kier alpha value is -2.75. The summed E-state index contributed by atoms with van der Waals surface area (Å²) in [5.41, 5.74) is -1.39. The molecule has 2 aromatic rings. The molecule has 0 saturated carbocycles. The Balaban J connectivity index is 2.54. The Bertz CT molecular complexity index is 898. The van der Waals surface area contributed by atoms with E-state index in [1.807, 2.05) is 4.72 Å². The van der Waals surface area contributed by atoms with Crippen LogP contribution in [0.2, 0.25) is 0 Å². The van der Waals surface area contributed by atoms with Crippen molar-refractivity contribution in [3.05, 3.63) is 53.3 Å². The van der Waals surface area contributed by atoms with Crippen molar-refractivity contribution < 1.29 is 36.2 Å². The average molecular weight is 361 g/mol. The molecule has 0 aromatic heterocycles. The van der Waals surface area contributed by atoms with Crippen LogP contribution in [0.5, 0.6) is 5.75 Å². The van der Waals surface area contributed by atoms with Crippen molar-refractivity contribution in [2.24, 2.45) is 0 Å². The van der Waals surface area contributed by atoms with Crippen LogP contribution >= 0.6 is 0 Å². The molecule has 6 nitrogen and oxygen atoms in total. The van der Waals surface area contributed by atoms with E-state index in [9.17, 15) is 26.4 Å². The number of ether oxygens (including phenoxy) is 1. The number of halogens is 3. The van der Waals surface area contributed by atoms with Gasteiger partial charge < -0.3 is 9.84 Å². The average Bonchev–Trinajstić information content (AvgIpc) is 2.51. The van der Waals surface area contributed by atoms with Crippen molar-refractivity contribution >= 4 is 21.7 Å². The van der Waals surface area contributed by atoms with E-state index in [0.29, 0.717) is 5.75 Å². The van der Waals surface area contributed by atoms with Crippen molar-refractivity contribution in [1.82, 2.24) is 0 Å². The summed E-state index contributed by atoms with van der Waals surface area (Å²) >= 11 is 0. The molecule has 0 saturated heterocycles. The molecule has 2 N–H and O–H groups in total. The molecule has 0 amide bonds. The predicted octanol–water partition coefficient (Wildman–Crippen LogP) is 2.61. The molecule has 2 aromatic carbocycles. The van der Waals surface area contributed by atoms with E-state index in [-0.39, 0.29) is 11.8 Å². The maximum absolute atomic E-state index is 14.1. The van der Waals surface area contributed by atoms with Gasteiger partial charge in [-0.1, -0.05) is 0 Å². The molecule has 10 heteroatoms. The molecule has 0 radical (unpaired) electrons. The van der Waals surface area contributed by atoms with Gasteiger partial charge in [0.25, 0.3) is 10.0 Å². The van der Waals surface area contributed by atoms with E-state index in [1.54, 1.807) is 0 Å². The summed E-state index contributed by atoms with van der Waals surface area (Å²) in [6, 6.07) is 5.30. The molecule has 128 valence electrons. The summed E-state index contributed by atoms with van der Waals surface area (Å²) in [6.07, 6.45) is 0. The van der Waals surface area contributed by atoms with Crippen LogP contribution in [0.15, 0.2) is 35.2 Å². The molecule has 0 aliphatic heterocycles. The van der Waals surface area contributed by atoms with Gasteiger partial charge in [0.2, 0.25) is 0 Å². The van der Waals surface area contributed by atoms with Crippen molar-refractivity contribution in [2.45, 2.75) is 4.90 Å². The third kappa shape index (κ3) is 3.27. The Labute approximate surface area is 134 Å². The van der Waals surface area contributed by atoms with E-state index in [1.165, 1.54) is 31.4 Å². The standard InChI is InChI=1S/C14H10F3NO5S/c1-23-8-4-2-7(3-5-8)18-24(21,22)13-11(16)9(14(19)20)6-10(15)12(13)17/h2-6,18H,1H3,(H,19,20). The van der Waals surface area contributed by atoms with Crippen molar-refractivity contribution in [3.8, 4) is 5.75 Å². The van der Waals surface area contributed by atoms with E-state index < -0.39 is 43.9 Å². The minimum absolute atomic E-state index is 0.0689. The number of sulfonamides is 1. The van der Waals surface area contributed by atoms with E-state index in [0.717, 1.165) is 0 Å². The lowest BCUT2D eigenvalue weighted by atomic mass is 10.2. The quantitative estimate of drug-likeness (QED) is 0.799. The van der Waals surface area contributed by atoms with E-state index in [4.69, 9.17) is 9.84 Å². The third-order valence-electron chi connectivity index (χ3n) is 2.96. The van der Waals surface area contributed by atoms with Gasteiger partial charge in [-0.3, -0.25) is 4.72 Å². The first kappa shape index (κ1) is 17.6. The zero-order valence-electron chi connectivity index (χ0n) is 12.0. The first-order valence-corrected chi connectivity index (χ1v) is 7.73. The van der Waals surface area contributed by atoms with Crippen LogP contribution in [0.3, 0.4) is 0 Å². The fraction of sp³-hybridized carbons (Fsp3) is 0.0714. The number of aromatic carboxylic acids is 1. The summed E-state index contributed by atoms with van der Waals surface area (Å²) in [5, 5.41) is 8.76. The molecule has 0 fully saturated rings. The number of nitrogens with one attached hydrogen (secondary N) is 1. The first-order valence-electron chi connectivity index (χ1n) is 6.25. The molecule has 0 atom stereocenters. The van der Waals surface area contributed by atoms with Gasteiger partial charge >= 0.3 is 5.97 Å². The maximum Gasteiger partial charge on any atom is 0.338 e. The van der Waals surface area contributed by atoms with Crippen LogP contribution < -0.4 is 9.46 Å². The molecule has 0 bridgehead atoms. The molecule has 0 spiro atoms. The smallest absolute Gasteiger partial charge is 0.338 e. The lowest BCUT2D eigenvalue weighted by molar-refractivity contribution is 0.0690. The molecular formula is C14H10F3NO5S. The summed E-state index contributed by atoms with van der Waals surface area (Å²) in [6.45, 7) is 0. The Kier molecular flexibility index (Phi) is 4.69. The van der Waals surface area contributed by atoms with Gasteiger partial charge in [-0.25, -0.2) is 26.4 Å². The highest BCUT2D eigenvalue weighted by atomic mass is 32.2. The zero-order chi connectivity index (χ0) is 18.1. The number of carbonyl (C=O) groups is 1. The van der Waals surface area contributed by atoms with Crippen molar-refractivity contribution in [2.75, 3.05) is 11.8 Å². The minimum atomic E-state index is -4.92. The normalized spacial score (nSPS) is 11.2. The van der Waals surface area contributed by atoms with Gasteiger partial charge in [0.1, 0.15) is 5.75 Å². The molecule has 0 heterocycles. The molecule has 24 heavy (non-hydrogen) atoms. The van der Waals surface area contributed by atoms with E-state index in [2.05, 4.69) is 0 Å². The number of methoxy groups -OCH3 is 1. The molecule has 2 rings (SSSR count). The number of carboxylic acid groups (broad SMARTS) is 1. The zero-order valence-corrected chi connectivity index (χ0v) is 12.8. The monoisotopic (exact) mass is 361 g/mol. The fourth-order valence-electron chi connectivity index (χ4n) is 1.84. The summed E-state index contributed by atoms with van der Waals surface area (Å²) < 4.78 is 72.3. The topological polar surface area (TPSA) is 92.7 Å². The van der Waals surface area contributed by atoms with Gasteiger partial charge in [0.15, 0.2) is 22.3 Å². The van der Waals surface area contributed by atoms with Gasteiger partial charge in [0.05, 0.1) is 12.7 Å². The lowest BCUT2D eigenvalue weighted by Crippen LogP contribution is -2.19. The van der Waals surface area contributed by atoms with Gasteiger partial charge in [-0.2, -0.15) is 0 Å². The number of rotatable bonds is 5. The summed E-state index contributed by atoms with van der Waals surface area (Å²) in [5.74, 6) is -7.26. The number of carboxylic acids is 1. The van der Waals surface area contributed by atoms with Crippen molar-refractivity contribution in [1.29, 1.82) is 0 Å². The highest BCUT2D eigenvalue weighted by Crippen LogP contribution is 2.27. The maximum atomic E-state index is 14.1. The second-order valence-corrected chi connectivity index (χ2v) is 6.12. The van der Waals surface area contributed by atoms with Crippen LogP contribution in [0.1, 0.15) is 10.4 Å². The fourth-order valence-corrected chi connectivity index (χ4v) is 3.07. The Morgan fingerprint density at radius 2 is 1.71 bits per heavy atom. The molecular weight excluding hydrogens is 351 g/mol. The van der Waals surface area contributed by atoms with Crippen LogP contribution in [0.25, 0.3) is 0 Å². The second-order valence-electron chi connectivity index (χ2n) is 4.50. The molecule has 0 aliphatic carbocycles. The SMILES string of the molecule is COc1ccc(NS(=O)(=O)c2c(F)c(F)cc(C(=O)O)c2F)cc1. The lowest BCUT2D eigenvalue weighted by Gasteiger charge is -2.12. The Morgan fingerprint density at radius 3 is 2.21 bits per heavy atom. The number of hydrogen-bond acceptors (Lipinski definition) is 4. The highest BCUT2D eigenvalue weighted by molar-refractivity contribution is 7.92. The summed E-state index contributed by atoms with van der Waals surface area (Å²) in [7, 11) is -3.54. The third-order valence-corrected chi connectivity index (χ3v) is 4.36. The van der Waals surface area contributed by atoms with Gasteiger partial charge in [0, 0.05) is 5.69 Å². The Morgan fingerprint density at radius 1 is 1.12 bits per heavy atom. The van der Waals surface area contributed by atoms with Crippen molar-refractivity contribution in [3.63, 3.8) is 0 Å². The predicted molar refractivity (Wildman–Crippen MR) is 77.1 cm³/mol. The summed E-state index contributed by atoms with van der Waals surface area (Å²) in [4.78, 5) is 9.12. The highest BCUT2D eigenvalue weighted by Gasteiger charge is 2.31. The van der Waals surface area contributed by atoms with Crippen LogP contribution in [0, 0.1) is 17.5 Å². The minimum Gasteiger partial charge on any atom is -0.497 e. The van der Waals surface area contributed by atoms with Crippen LogP contribution in [-0.4, -0.2) is 26.6 Å². The van der Waals surface area contributed by atoms with Crippen LogP contribution in [-0.2, 0) is 10.0 Å².